The molecule has 0 aliphatic heterocycles. The van der Waals surface area contributed by atoms with Crippen molar-refractivity contribution < 1.29 is 19.7 Å². The Labute approximate surface area is 130 Å². The second kappa shape index (κ2) is 6.65. The minimum Gasteiger partial charge on any atom is -0.504 e. The lowest BCUT2D eigenvalue weighted by molar-refractivity contribution is -0.133. The summed E-state index contributed by atoms with van der Waals surface area (Å²) < 4.78 is 5.03. The van der Waals surface area contributed by atoms with Gasteiger partial charge in [0.2, 0.25) is 0 Å². The standard InChI is InChI=1S/C14H11Cl2NO4/c15-10-5-17-6-11(16)9(10)4-14(21-7-18)8-1-2-12(19)13(20)3-8/h1-3,5-7,14,19-20H,4H2. The van der Waals surface area contributed by atoms with Gasteiger partial charge in [-0.3, -0.25) is 9.78 Å². The number of nitrogens with zero attached hydrogens (tertiary/aromatic N) is 1. The Morgan fingerprint density at radius 3 is 2.43 bits per heavy atom. The maximum absolute atomic E-state index is 10.7. The molecule has 0 amide bonds. The summed E-state index contributed by atoms with van der Waals surface area (Å²) in [6.45, 7) is 0.303. The van der Waals surface area contributed by atoms with Crippen LogP contribution >= 0.6 is 23.2 Å². The van der Waals surface area contributed by atoms with Gasteiger partial charge in [0.05, 0.1) is 10.0 Å². The first kappa shape index (κ1) is 15.4. The van der Waals surface area contributed by atoms with Gasteiger partial charge in [0.1, 0.15) is 6.10 Å². The summed E-state index contributed by atoms with van der Waals surface area (Å²) in [5.41, 5.74) is 1.08. The van der Waals surface area contributed by atoms with Crippen molar-refractivity contribution in [2.75, 3.05) is 0 Å². The largest absolute Gasteiger partial charge is 0.504 e. The van der Waals surface area contributed by atoms with Gasteiger partial charge in [-0.1, -0.05) is 29.3 Å². The van der Waals surface area contributed by atoms with Crippen molar-refractivity contribution in [2.45, 2.75) is 12.5 Å². The van der Waals surface area contributed by atoms with Gasteiger partial charge in [0.15, 0.2) is 11.5 Å². The van der Waals surface area contributed by atoms with Crippen LogP contribution in [-0.4, -0.2) is 21.7 Å². The summed E-state index contributed by atoms with van der Waals surface area (Å²) in [5, 5.41) is 19.6. The lowest BCUT2D eigenvalue weighted by atomic mass is 10.0. The van der Waals surface area contributed by atoms with Gasteiger partial charge in [-0.2, -0.15) is 0 Å². The van der Waals surface area contributed by atoms with Crippen molar-refractivity contribution in [3.05, 3.63) is 51.8 Å². The van der Waals surface area contributed by atoms with Crippen molar-refractivity contribution in [2.24, 2.45) is 0 Å². The first-order valence-corrected chi connectivity index (χ1v) is 6.67. The van der Waals surface area contributed by atoms with E-state index in [9.17, 15) is 15.0 Å². The lowest BCUT2D eigenvalue weighted by Crippen LogP contribution is -2.08. The number of aromatic nitrogens is 1. The highest BCUT2D eigenvalue weighted by atomic mass is 35.5. The molecule has 0 fully saturated rings. The Morgan fingerprint density at radius 1 is 1.19 bits per heavy atom. The summed E-state index contributed by atoms with van der Waals surface area (Å²) in [7, 11) is 0. The Hall–Kier alpha value is -1.98. The molecule has 0 saturated carbocycles. The Balaban J connectivity index is 2.35. The number of phenols is 2. The number of carbonyl (C=O) groups excluding carboxylic acids is 1. The van der Waals surface area contributed by atoms with E-state index in [2.05, 4.69) is 4.98 Å². The second-order valence-corrected chi connectivity index (χ2v) is 5.07. The molecule has 21 heavy (non-hydrogen) atoms. The van der Waals surface area contributed by atoms with E-state index in [0.29, 0.717) is 27.6 Å². The molecule has 0 aliphatic carbocycles. The van der Waals surface area contributed by atoms with Crippen LogP contribution in [0.1, 0.15) is 17.2 Å². The molecule has 1 aromatic heterocycles. The molecule has 1 aromatic carbocycles. The molecule has 5 nitrogen and oxygen atoms in total. The highest BCUT2D eigenvalue weighted by Gasteiger charge is 2.19. The average molecular weight is 328 g/mol. The maximum Gasteiger partial charge on any atom is 0.293 e. The predicted octanol–water partition coefficient (Wildman–Crippen LogP) is 3.26. The summed E-state index contributed by atoms with van der Waals surface area (Å²) in [6.07, 6.45) is 2.39. The van der Waals surface area contributed by atoms with Crippen LogP contribution in [0.3, 0.4) is 0 Å². The van der Waals surface area contributed by atoms with Gasteiger partial charge < -0.3 is 14.9 Å². The van der Waals surface area contributed by atoms with E-state index in [-0.39, 0.29) is 17.9 Å². The molecule has 0 radical (unpaired) electrons. The van der Waals surface area contributed by atoms with E-state index in [1.807, 2.05) is 0 Å². The van der Waals surface area contributed by atoms with Crippen LogP contribution in [0.15, 0.2) is 30.6 Å². The number of hydrogen-bond acceptors (Lipinski definition) is 5. The van der Waals surface area contributed by atoms with E-state index >= 15 is 0 Å². The zero-order valence-corrected chi connectivity index (χ0v) is 12.2. The van der Waals surface area contributed by atoms with Gasteiger partial charge in [0.25, 0.3) is 6.47 Å². The number of ether oxygens (including phenoxy) is 1. The number of benzene rings is 1. The molecule has 7 heteroatoms. The second-order valence-electron chi connectivity index (χ2n) is 4.25. The third kappa shape index (κ3) is 3.56. The molecule has 2 aromatic rings. The molecule has 1 unspecified atom stereocenters. The molecule has 110 valence electrons. The predicted molar refractivity (Wildman–Crippen MR) is 77.6 cm³/mol. The fourth-order valence-corrected chi connectivity index (χ4v) is 2.39. The Kier molecular flexibility index (Phi) is 4.88. The normalized spacial score (nSPS) is 11.9. The van der Waals surface area contributed by atoms with E-state index in [1.54, 1.807) is 0 Å². The van der Waals surface area contributed by atoms with Gasteiger partial charge >= 0.3 is 0 Å². The SMILES string of the molecule is O=COC(Cc1c(Cl)cncc1Cl)c1ccc(O)c(O)c1. The molecular formula is C14H11Cl2NO4. The highest BCUT2D eigenvalue weighted by Crippen LogP contribution is 2.33. The van der Waals surface area contributed by atoms with Gasteiger partial charge in [0, 0.05) is 18.8 Å². The third-order valence-corrected chi connectivity index (χ3v) is 3.58. The smallest absolute Gasteiger partial charge is 0.293 e. The topological polar surface area (TPSA) is 79.7 Å². The summed E-state index contributed by atoms with van der Waals surface area (Å²) in [6, 6.07) is 4.15. The molecule has 2 N–H and O–H groups in total. The number of halogens is 2. The van der Waals surface area contributed by atoms with E-state index in [1.165, 1.54) is 30.6 Å². The fourth-order valence-electron chi connectivity index (χ4n) is 1.87. The maximum atomic E-state index is 10.7. The quantitative estimate of drug-likeness (QED) is 0.650. The monoisotopic (exact) mass is 327 g/mol. The molecule has 0 aliphatic rings. The van der Waals surface area contributed by atoms with Gasteiger partial charge in [-0.25, -0.2) is 0 Å². The number of pyridine rings is 1. The first-order chi connectivity index (χ1) is 10.0. The molecule has 0 bridgehead atoms. The Bertz CT molecular complexity index is 643. The third-order valence-electron chi connectivity index (χ3n) is 2.93. The van der Waals surface area contributed by atoms with Crippen LogP contribution in [0.2, 0.25) is 10.0 Å². The number of carbonyl (C=O) groups is 1. The van der Waals surface area contributed by atoms with Gasteiger partial charge in [-0.05, 0) is 23.3 Å². The van der Waals surface area contributed by atoms with Crippen LogP contribution in [0.5, 0.6) is 11.5 Å². The van der Waals surface area contributed by atoms with Gasteiger partial charge in [-0.15, -0.1) is 0 Å². The number of phenolic OH excluding ortho intramolecular Hbond substituents is 2. The molecule has 1 heterocycles. The van der Waals surface area contributed by atoms with Crippen LogP contribution in [0.4, 0.5) is 0 Å². The van der Waals surface area contributed by atoms with Crippen molar-refractivity contribution >= 4 is 29.7 Å². The Morgan fingerprint density at radius 2 is 1.86 bits per heavy atom. The molecular weight excluding hydrogens is 317 g/mol. The van der Waals surface area contributed by atoms with Crippen LogP contribution in [-0.2, 0) is 16.0 Å². The summed E-state index contributed by atoms with van der Waals surface area (Å²) >= 11 is 12.1. The average Bonchev–Trinajstić information content (AvgIpc) is 2.45. The van der Waals surface area contributed by atoms with Crippen molar-refractivity contribution in [1.82, 2.24) is 4.98 Å². The van der Waals surface area contributed by atoms with Crippen molar-refractivity contribution in [1.29, 1.82) is 0 Å². The molecule has 2 rings (SSSR count). The number of aromatic hydroxyl groups is 2. The van der Waals surface area contributed by atoms with E-state index < -0.39 is 6.10 Å². The zero-order valence-electron chi connectivity index (χ0n) is 10.7. The van der Waals surface area contributed by atoms with Crippen LogP contribution < -0.4 is 0 Å². The van der Waals surface area contributed by atoms with Crippen LogP contribution in [0.25, 0.3) is 0 Å². The van der Waals surface area contributed by atoms with E-state index in [0.717, 1.165) is 0 Å². The van der Waals surface area contributed by atoms with Crippen molar-refractivity contribution in [3.8, 4) is 11.5 Å². The van der Waals surface area contributed by atoms with E-state index in [4.69, 9.17) is 27.9 Å². The number of hydrogen-bond donors (Lipinski definition) is 2. The summed E-state index contributed by atoms with van der Waals surface area (Å²) in [4.78, 5) is 14.5. The fraction of sp³-hybridized carbons (Fsp3) is 0.143. The molecule has 1 atom stereocenters. The van der Waals surface area contributed by atoms with Crippen molar-refractivity contribution in [3.63, 3.8) is 0 Å². The minimum atomic E-state index is -0.702. The lowest BCUT2D eigenvalue weighted by Gasteiger charge is -2.17. The van der Waals surface area contributed by atoms with Crippen LogP contribution in [0, 0.1) is 0 Å². The summed E-state index contributed by atoms with van der Waals surface area (Å²) in [5.74, 6) is -0.567. The minimum absolute atomic E-state index is 0.211. The zero-order chi connectivity index (χ0) is 15.4. The molecule has 0 spiro atoms. The highest BCUT2D eigenvalue weighted by molar-refractivity contribution is 6.35. The molecule has 0 saturated heterocycles. The number of rotatable bonds is 5. The first-order valence-electron chi connectivity index (χ1n) is 5.91.